The summed E-state index contributed by atoms with van der Waals surface area (Å²) < 4.78 is 26.4. The fourth-order valence-electron chi connectivity index (χ4n) is 2.17. The zero-order valence-electron chi connectivity index (χ0n) is 10.8. The molecule has 1 saturated heterocycles. The average Bonchev–Trinajstić information content (AvgIpc) is 2.42. The fourth-order valence-corrected chi connectivity index (χ4v) is 3.71. The molecule has 6 heteroatoms. The minimum atomic E-state index is -3.48. The van der Waals surface area contributed by atoms with Crippen molar-refractivity contribution in [1.29, 1.82) is 0 Å². The van der Waals surface area contributed by atoms with Crippen LogP contribution >= 0.6 is 0 Å². The van der Waals surface area contributed by atoms with Crippen molar-refractivity contribution < 1.29 is 13.2 Å². The number of aliphatic imine (C=N–C) groups is 1. The largest absolute Gasteiger partial charge is 0.243 e. The van der Waals surface area contributed by atoms with Crippen LogP contribution in [0.4, 0.5) is 5.69 Å². The van der Waals surface area contributed by atoms with Gasteiger partial charge in [-0.2, -0.15) is 9.30 Å². The van der Waals surface area contributed by atoms with Crippen molar-refractivity contribution in [3.63, 3.8) is 0 Å². The summed E-state index contributed by atoms with van der Waals surface area (Å²) in [5, 5.41) is 0. The first kappa shape index (κ1) is 13.9. The van der Waals surface area contributed by atoms with Gasteiger partial charge in [-0.05, 0) is 37.5 Å². The van der Waals surface area contributed by atoms with Gasteiger partial charge in [0, 0.05) is 13.1 Å². The number of isocyanates is 1. The molecule has 0 N–H and O–H groups in total. The molecule has 1 fully saturated rings. The lowest BCUT2D eigenvalue weighted by Gasteiger charge is -2.26. The van der Waals surface area contributed by atoms with Crippen LogP contribution in [0.3, 0.4) is 0 Å². The third-order valence-corrected chi connectivity index (χ3v) is 5.19. The van der Waals surface area contributed by atoms with Crippen LogP contribution in [0.2, 0.25) is 0 Å². The maximum Gasteiger partial charge on any atom is 0.243 e. The van der Waals surface area contributed by atoms with E-state index < -0.39 is 10.0 Å². The molecule has 19 heavy (non-hydrogen) atoms. The van der Waals surface area contributed by atoms with E-state index in [1.54, 1.807) is 19.1 Å². The summed E-state index contributed by atoms with van der Waals surface area (Å²) in [7, 11) is -3.48. The molecule has 102 valence electrons. The van der Waals surface area contributed by atoms with Crippen LogP contribution in [-0.2, 0) is 14.8 Å². The summed E-state index contributed by atoms with van der Waals surface area (Å²) >= 11 is 0. The van der Waals surface area contributed by atoms with Gasteiger partial charge in [-0.15, -0.1) is 0 Å². The van der Waals surface area contributed by atoms with Gasteiger partial charge in [0.15, 0.2) is 0 Å². The molecule has 0 aromatic heterocycles. The number of sulfonamides is 1. The van der Waals surface area contributed by atoms with E-state index in [1.807, 2.05) is 0 Å². The Hall–Kier alpha value is -1.49. The molecule has 0 aliphatic carbocycles. The van der Waals surface area contributed by atoms with Gasteiger partial charge in [0.1, 0.15) is 0 Å². The SMILES string of the molecule is Cc1ccc(S(=O)(=O)N2CCCCC2)cc1N=C=O. The standard InChI is InChI=1S/C13H16N2O3S/c1-11-5-6-12(9-13(11)14-10-16)19(17,18)15-7-3-2-4-8-15/h5-6,9H,2-4,7-8H2,1H3. The first-order chi connectivity index (χ1) is 9.05. The van der Waals surface area contributed by atoms with Gasteiger partial charge >= 0.3 is 0 Å². The Bertz CT molecular complexity index is 613. The first-order valence-electron chi connectivity index (χ1n) is 6.24. The molecule has 2 rings (SSSR count). The van der Waals surface area contributed by atoms with Gasteiger partial charge in [-0.1, -0.05) is 12.5 Å². The zero-order valence-corrected chi connectivity index (χ0v) is 11.6. The second-order valence-corrected chi connectivity index (χ2v) is 6.55. The second kappa shape index (κ2) is 5.65. The molecule has 1 aromatic rings. The van der Waals surface area contributed by atoms with E-state index in [0.29, 0.717) is 18.8 Å². The maximum absolute atomic E-state index is 12.4. The monoisotopic (exact) mass is 280 g/mol. The fraction of sp³-hybridized carbons (Fsp3) is 0.462. The predicted octanol–water partition coefficient (Wildman–Crippen LogP) is 2.14. The van der Waals surface area contributed by atoms with Crippen LogP contribution in [0.5, 0.6) is 0 Å². The molecular weight excluding hydrogens is 264 g/mol. The second-order valence-electron chi connectivity index (χ2n) is 4.62. The Labute approximate surface area is 113 Å². The summed E-state index contributed by atoms with van der Waals surface area (Å²) in [6.07, 6.45) is 4.31. The molecule has 0 atom stereocenters. The number of hydrogen-bond acceptors (Lipinski definition) is 4. The van der Waals surface area contributed by atoms with Crippen LogP contribution in [0.1, 0.15) is 24.8 Å². The molecule has 0 bridgehead atoms. The van der Waals surface area contributed by atoms with Crippen LogP contribution < -0.4 is 0 Å². The summed E-state index contributed by atoms with van der Waals surface area (Å²) in [4.78, 5) is 14.1. The van der Waals surface area contributed by atoms with E-state index in [0.717, 1.165) is 24.8 Å². The maximum atomic E-state index is 12.4. The number of hydrogen-bond donors (Lipinski definition) is 0. The van der Waals surface area contributed by atoms with Crippen molar-refractivity contribution in [2.75, 3.05) is 13.1 Å². The van der Waals surface area contributed by atoms with Gasteiger partial charge in [0.2, 0.25) is 16.1 Å². The molecular formula is C13H16N2O3S. The van der Waals surface area contributed by atoms with Crippen molar-refractivity contribution in [2.24, 2.45) is 4.99 Å². The van der Waals surface area contributed by atoms with E-state index in [-0.39, 0.29) is 4.90 Å². The minimum Gasteiger partial charge on any atom is -0.211 e. The van der Waals surface area contributed by atoms with Crippen LogP contribution in [0, 0.1) is 6.92 Å². The Morgan fingerprint density at radius 1 is 1.21 bits per heavy atom. The van der Waals surface area contributed by atoms with Crippen LogP contribution in [-0.4, -0.2) is 31.9 Å². The Morgan fingerprint density at radius 3 is 2.53 bits per heavy atom. The molecule has 1 heterocycles. The molecule has 0 saturated carbocycles. The highest BCUT2D eigenvalue weighted by Gasteiger charge is 2.26. The number of rotatable bonds is 3. The number of benzene rings is 1. The lowest BCUT2D eigenvalue weighted by molar-refractivity contribution is 0.346. The van der Waals surface area contributed by atoms with Crippen molar-refractivity contribution in [2.45, 2.75) is 31.1 Å². The summed E-state index contributed by atoms with van der Waals surface area (Å²) in [6.45, 7) is 2.89. The third-order valence-electron chi connectivity index (χ3n) is 3.30. The Balaban J connectivity index is 2.40. The first-order valence-corrected chi connectivity index (χ1v) is 7.68. The number of aryl methyl sites for hydroxylation is 1. The van der Waals surface area contributed by atoms with Crippen LogP contribution in [0.15, 0.2) is 28.1 Å². The van der Waals surface area contributed by atoms with E-state index in [1.165, 1.54) is 16.5 Å². The van der Waals surface area contributed by atoms with Gasteiger partial charge in [-0.25, -0.2) is 13.2 Å². The number of piperidine rings is 1. The van der Waals surface area contributed by atoms with Gasteiger partial charge in [-0.3, -0.25) is 0 Å². The van der Waals surface area contributed by atoms with Gasteiger partial charge in [0.05, 0.1) is 10.6 Å². The Morgan fingerprint density at radius 2 is 1.89 bits per heavy atom. The lowest BCUT2D eigenvalue weighted by Crippen LogP contribution is -2.35. The molecule has 0 spiro atoms. The van der Waals surface area contributed by atoms with Crippen molar-refractivity contribution in [3.8, 4) is 0 Å². The highest BCUT2D eigenvalue weighted by atomic mass is 32.2. The van der Waals surface area contributed by atoms with Crippen molar-refractivity contribution >= 4 is 21.8 Å². The highest BCUT2D eigenvalue weighted by Crippen LogP contribution is 2.26. The summed E-state index contributed by atoms with van der Waals surface area (Å²) in [6, 6.07) is 4.65. The molecule has 1 aromatic carbocycles. The zero-order chi connectivity index (χ0) is 13.9. The van der Waals surface area contributed by atoms with Crippen LogP contribution in [0.25, 0.3) is 0 Å². The normalized spacial score (nSPS) is 16.9. The highest BCUT2D eigenvalue weighted by molar-refractivity contribution is 7.89. The third kappa shape index (κ3) is 2.92. The molecule has 1 aliphatic rings. The smallest absolute Gasteiger partial charge is 0.211 e. The molecule has 5 nitrogen and oxygen atoms in total. The quantitative estimate of drug-likeness (QED) is 0.629. The van der Waals surface area contributed by atoms with Crippen molar-refractivity contribution in [1.82, 2.24) is 4.31 Å². The van der Waals surface area contributed by atoms with E-state index in [4.69, 9.17) is 0 Å². The topological polar surface area (TPSA) is 66.8 Å². The number of nitrogens with zero attached hydrogens (tertiary/aromatic N) is 2. The van der Waals surface area contributed by atoms with E-state index in [9.17, 15) is 13.2 Å². The van der Waals surface area contributed by atoms with E-state index in [2.05, 4.69) is 4.99 Å². The summed E-state index contributed by atoms with van der Waals surface area (Å²) in [5.41, 5.74) is 1.11. The number of carbonyl (C=O) groups excluding carboxylic acids is 1. The van der Waals surface area contributed by atoms with Crippen molar-refractivity contribution in [3.05, 3.63) is 23.8 Å². The van der Waals surface area contributed by atoms with Gasteiger partial charge in [0.25, 0.3) is 0 Å². The predicted molar refractivity (Wildman–Crippen MR) is 71.6 cm³/mol. The molecule has 1 aliphatic heterocycles. The summed E-state index contributed by atoms with van der Waals surface area (Å²) in [5.74, 6) is 0. The molecule has 0 radical (unpaired) electrons. The van der Waals surface area contributed by atoms with E-state index >= 15 is 0 Å². The Kier molecular flexibility index (Phi) is 4.14. The molecule has 0 amide bonds. The van der Waals surface area contributed by atoms with Gasteiger partial charge < -0.3 is 0 Å². The molecule has 0 unspecified atom stereocenters. The minimum absolute atomic E-state index is 0.189. The average molecular weight is 280 g/mol. The lowest BCUT2D eigenvalue weighted by atomic mass is 10.2.